The number of aromatic nitrogens is 4. The molecule has 1 aliphatic rings. The van der Waals surface area contributed by atoms with Crippen LogP contribution in [0.1, 0.15) is 44.3 Å². The van der Waals surface area contributed by atoms with Crippen LogP contribution in [-0.2, 0) is 4.74 Å². The third-order valence-corrected chi connectivity index (χ3v) is 4.22. The number of aliphatic hydroxyl groups is 3. The average Bonchev–Trinajstić information content (AvgIpc) is 3.21. The summed E-state index contributed by atoms with van der Waals surface area (Å²) in [5.41, 5.74) is 4.84. The van der Waals surface area contributed by atoms with Gasteiger partial charge in [0.05, 0.1) is 24.6 Å². The number of hydrogen-bond acceptors (Lipinski definition) is 6. The van der Waals surface area contributed by atoms with Crippen LogP contribution in [0.15, 0.2) is 12.4 Å². The molecule has 3 aromatic rings. The Morgan fingerprint density at radius 3 is 2.62 bits per heavy atom. The molecule has 8 nitrogen and oxygen atoms in total. The number of ether oxygens (including phenoxy) is 1. The fourth-order valence-corrected chi connectivity index (χ4v) is 3.16. The van der Waals surface area contributed by atoms with Gasteiger partial charge in [-0.1, -0.05) is 0 Å². The van der Waals surface area contributed by atoms with Gasteiger partial charge in [-0.2, -0.15) is 0 Å². The number of aliphatic hydroxyl groups excluding tert-OH is 1. The van der Waals surface area contributed by atoms with Gasteiger partial charge in [0, 0.05) is 16.8 Å². The lowest BCUT2D eigenvalue weighted by Gasteiger charge is -2.14. The highest BCUT2D eigenvalue weighted by Crippen LogP contribution is 2.32. The molecule has 0 bridgehead atoms. The van der Waals surface area contributed by atoms with E-state index in [1.165, 1.54) is 13.8 Å². The Bertz CT molecular complexity index is 903. The molecule has 1 saturated heterocycles. The van der Waals surface area contributed by atoms with Crippen LogP contribution in [0.25, 0.3) is 22.1 Å². The molecule has 0 aromatic carbocycles. The number of nitrogens with zero attached hydrogens (tertiary/aromatic N) is 3. The van der Waals surface area contributed by atoms with Crippen molar-refractivity contribution >= 4 is 22.1 Å². The third-order valence-electron chi connectivity index (χ3n) is 4.22. The van der Waals surface area contributed by atoms with Crippen molar-refractivity contribution in [2.24, 2.45) is 0 Å². The normalized spacial score (nSPS) is 20.6. The van der Waals surface area contributed by atoms with Gasteiger partial charge in [-0.3, -0.25) is 4.57 Å². The number of imidazole rings is 1. The maximum atomic E-state index is 9.21. The summed E-state index contributed by atoms with van der Waals surface area (Å²) >= 11 is 0. The zero-order valence-electron chi connectivity index (χ0n) is 15.5. The number of aromatic amines is 1. The van der Waals surface area contributed by atoms with Crippen LogP contribution in [-0.4, -0.2) is 53.3 Å². The number of hydrogen-bond donors (Lipinski definition) is 4. The summed E-state index contributed by atoms with van der Waals surface area (Å²) in [6, 6.07) is 2.10. The molecule has 26 heavy (non-hydrogen) atoms. The Labute approximate surface area is 151 Å². The van der Waals surface area contributed by atoms with Gasteiger partial charge in [-0.15, -0.1) is 0 Å². The smallest absolute Gasteiger partial charge is 0.164 e. The topological polar surface area (TPSA) is 116 Å². The third kappa shape index (κ3) is 3.88. The van der Waals surface area contributed by atoms with E-state index < -0.39 is 5.79 Å². The lowest BCUT2D eigenvalue weighted by atomic mass is 10.2. The van der Waals surface area contributed by atoms with Crippen LogP contribution in [0.4, 0.5) is 0 Å². The van der Waals surface area contributed by atoms with Crippen molar-refractivity contribution in [2.75, 3.05) is 6.61 Å². The lowest BCUT2D eigenvalue weighted by molar-refractivity contribution is -0.127. The van der Waals surface area contributed by atoms with Crippen molar-refractivity contribution in [3.63, 3.8) is 0 Å². The van der Waals surface area contributed by atoms with E-state index in [0.29, 0.717) is 0 Å². The molecule has 4 rings (SSSR count). The first kappa shape index (κ1) is 18.8. The average molecular weight is 362 g/mol. The molecule has 3 aromatic heterocycles. The molecular weight excluding hydrogens is 336 g/mol. The minimum atomic E-state index is -1.50. The quantitative estimate of drug-likeness (QED) is 0.518. The maximum absolute atomic E-state index is 9.21. The molecule has 1 fully saturated rings. The second-order valence-electron chi connectivity index (χ2n) is 7.23. The number of pyridine rings is 1. The van der Waals surface area contributed by atoms with E-state index in [4.69, 9.17) is 19.9 Å². The molecule has 0 spiro atoms. The fraction of sp³-hybridized carbons (Fsp3) is 0.556. The van der Waals surface area contributed by atoms with Crippen LogP contribution in [0.5, 0.6) is 0 Å². The van der Waals surface area contributed by atoms with E-state index in [9.17, 15) is 5.11 Å². The molecule has 0 saturated carbocycles. The second-order valence-corrected chi connectivity index (χ2v) is 7.23. The van der Waals surface area contributed by atoms with Gasteiger partial charge in [-0.05, 0) is 46.6 Å². The van der Waals surface area contributed by atoms with E-state index in [1.54, 1.807) is 6.33 Å². The predicted octanol–water partition coefficient (Wildman–Crippen LogP) is 1.91. The monoisotopic (exact) mass is 362 g/mol. The SMILES string of the molecule is CC(C)(O)O.Cc1cc2c(C)nc3c(ncn3C3CCC(CO)O3)c2[nH]1. The highest BCUT2D eigenvalue weighted by atomic mass is 16.5. The molecule has 0 radical (unpaired) electrons. The predicted molar refractivity (Wildman–Crippen MR) is 97.6 cm³/mol. The number of nitrogens with one attached hydrogen (secondary N) is 1. The van der Waals surface area contributed by atoms with E-state index in [-0.39, 0.29) is 18.9 Å². The number of fused-ring (bicyclic) bond motifs is 3. The van der Waals surface area contributed by atoms with Crippen LogP contribution < -0.4 is 0 Å². The standard InChI is InChI=1S/C15H18N4O2.C3H8O2/c1-8-5-11-9(2)18-15-14(13(11)17-8)16-7-19(15)12-4-3-10(6-20)21-12;1-3(2,4)5/h5,7,10,12,17,20H,3-4,6H2,1-2H3;4-5H,1-2H3. The largest absolute Gasteiger partial charge is 0.394 e. The fourth-order valence-electron chi connectivity index (χ4n) is 3.16. The summed E-state index contributed by atoms with van der Waals surface area (Å²) in [7, 11) is 0. The Morgan fingerprint density at radius 2 is 2.00 bits per heavy atom. The summed E-state index contributed by atoms with van der Waals surface area (Å²) in [5.74, 6) is -1.50. The van der Waals surface area contributed by atoms with Gasteiger partial charge in [0.1, 0.15) is 11.7 Å². The Kier molecular flexibility index (Phi) is 5.03. The Balaban J connectivity index is 0.000000349. The van der Waals surface area contributed by atoms with Crippen molar-refractivity contribution in [1.82, 2.24) is 19.5 Å². The van der Waals surface area contributed by atoms with Crippen LogP contribution in [0, 0.1) is 13.8 Å². The number of H-pyrrole nitrogens is 1. The van der Waals surface area contributed by atoms with Gasteiger partial charge in [-0.25, -0.2) is 9.97 Å². The van der Waals surface area contributed by atoms with Crippen LogP contribution in [0.2, 0.25) is 0 Å². The van der Waals surface area contributed by atoms with E-state index in [0.717, 1.165) is 46.3 Å². The summed E-state index contributed by atoms with van der Waals surface area (Å²) < 4.78 is 7.82. The highest BCUT2D eigenvalue weighted by Gasteiger charge is 2.28. The maximum Gasteiger partial charge on any atom is 0.164 e. The second kappa shape index (κ2) is 6.96. The van der Waals surface area contributed by atoms with Gasteiger partial charge in [0.2, 0.25) is 0 Å². The Hall–Kier alpha value is -2.00. The van der Waals surface area contributed by atoms with Gasteiger partial charge < -0.3 is 25.0 Å². The molecule has 2 unspecified atom stereocenters. The molecule has 2 atom stereocenters. The summed E-state index contributed by atoms with van der Waals surface area (Å²) in [6.07, 6.45) is 3.36. The first-order valence-electron chi connectivity index (χ1n) is 8.71. The first-order valence-corrected chi connectivity index (χ1v) is 8.71. The van der Waals surface area contributed by atoms with Crippen molar-refractivity contribution in [3.05, 3.63) is 23.8 Å². The zero-order valence-corrected chi connectivity index (χ0v) is 15.5. The van der Waals surface area contributed by atoms with Crippen LogP contribution in [0.3, 0.4) is 0 Å². The van der Waals surface area contributed by atoms with E-state index in [2.05, 4.69) is 16.0 Å². The van der Waals surface area contributed by atoms with Crippen LogP contribution >= 0.6 is 0 Å². The Morgan fingerprint density at radius 1 is 1.31 bits per heavy atom. The highest BCUT2D eigenvalue weighted by molar-refractivity contribution is 6.01. The lowest BCUT2D eigenvalue weighted by Crippen LogP contribution is -2.15. The molecule has 4 N–H and O–H groups in total. The number of rotatable bonds is 2. The van der Waals surface area contributed by atoms with Crippen molar-refractivity contribution in [2.45, 2.75) is 58.7 Å². The van der Waals surface area contributed by atoms with Crippen molar-refractivity contribution in [1.29, 1.82) is 0 Å². The summed E-state index contributed by atoms with van der Waals surface area (Å²) in [6.45, 7) is 6.71. The number of aryl methyl sites for hydroxylation is 2. The van der Waals surface area contributed by atoms with Gasteiger partial charge in [0.25, 0.3) is 0 Å². The molecule has 0 amide bonds. The zero-order chi connectivity index (χ0) is 19.1. The molecule has 0 aliphatic carbocycles. The van der Waals surface area contributed by atoms with E-state index in [1.807, 2.05) is 18.4 Å². The molecule has 4 heterocycles. The summed E-state index contributed by atoms with van der Waals surface area (Å²) in [4.78, 5) is 12.6. The minimum absolute atomic E-state index is 0.0651. The molecule has 8 heteroatoms. The van der Waals surface area contributed by atoms with Crippen molar-refractivity contribution < 1.29 is 20.1 Å². The molecule has 142 valence electrons. The van der Waals surface area contributed by atoms with Gasteiger partial charge >= 0.3 is 0 Å². The molecular formula is C18H26N4O4. The minimum Gasteiger partial charge on any atom is -0.394 e. The summed E-state index contributed by atoms with van der Waals surface area (Å²) in [5, 5.41) is 26.5. The van der Waals surface area contributed by atoms with Gasteiger partial charge in [0.15, 0.2) is 11.4 Å². The van der Waals surface area contributed by atoms with Crippen molar-refractivity contribution in [3.8, 4) is 0 Å². The van der Waals surface area contributed by atoms with E-state index >= 15 is 0 Å². The molecule has 1 aliphatic heterocycles. The first-order chi connectivity index (χ1) is 12.2.